The molecule has 0 aliphatic rings. The number of aromatic nitrogens is 2. The van der Waals surface area contributed by atoms with Crippen molar-refractivity contribution < 1.29 is 13.9 Å². The van der Waals surface area contributed by atoms with Gasteiger partial charge in [-0.3, -0.25) is 0 Å². The van der Waals surface area contributed by atoms with E-state index in [1.165, 1.54) is 11.1 Å². The van der Waals surface area contributed by atoms with E-state index in [1.807, 2.05) is 7.05 Å². The molecule has 0 radical (unpaired) electrons. The molecule has 0 aliphatic carbocycles. The molecule has 0 unspecified atom stereocenters. The molecule has 0 N–H and O–H groups in total. The maximum atomic E-state index is 5.51. The Morgan fingerprint density at radius 3 is 2.00 bits per heavy atom. The van der Waals surface area contributed by atoms with Crippen LogP contribution in [0.4, 0.5) is 0 Å². The maximum absolute atomic E-state index is 5.51. The molecule has 0 fully saturated rings. The largest absolute Gasteiger partial charge is 0.375 e. The Kier molecular flexibility index (Phi) is 6.35. The first kappa shape index (κ1) is 15.6. The average molecular weight is 286 g/mol. The highest BCUT2D eigenvalue weighted by atomic mass is 16.5. The Morgan fingerprint density at radius 1 is 0.857 bits per heavy atom. The van der Waals surface area contributed by atoms with Gasteiger partial charge >= 0.3 is 0 Å². The third-order valence-electron chi connectivity index (χ3n) is 3.55. The van der Waals surface area contributed by atoms with Crippen LogP contribution < -0.4 is 9.13 Å². The summed E-state index contributed by atoms with van der Waals surface area (Å²) in [6.07, 6.45) is 11.8. The summed E-state index contributed by atoms with van der Waals surface area (Å²) in [6.45, 7) is 4.70. The third kappa shape index (κ3) is 5.64. The fourth-order valence-corrected chi connectivity index (χ4v) is 2.21. The first-order valence-electron chi connectivity index (χ1n) is 7.78. The lowest BCUT2D eigenvalue weighted by molar-refractivity contribution is -0.698. The van der Waals surface area contributed by atoms with E-state index in [9.17, 15) is 0 Å². The summed E-state index contributed by atoms with van der Waals surface area (Å²) in [6, 6.07) is 8.80. The van der Waals surface area contributed by atoms with Gasteiger partial charge in [-0.05, 0) is 30.4 Å². The van der Waals surface area contributed by atoms with Crippen LogP contribution in [0.5, 0.6) is 0 Å². The average Bonchev–Trinajstić information content (AvgIpc) is 2.52. The minimum absolute atomic E-state index is 0.791. The second kappa shape index (κ2) is 8.53. The van der Waals surface area contributed by atoms with Crippen molar-refractivity contribution in [3.8, 4) is 0 Å². The van der Waals surface area contributed by atoms with Crippen LogP contribution >= 0.6 is 0 Å². The van der Waals surface area contributed by atoms with Crippen molar-refractivity contribution in [3.63, 3.8) is 0 Å². The lowest BCUT2D eigenvalue weighted by Crippen LogP contribution is -2.35. The molecule has 21 heavy (non-hydrogen) atoms. The molecule has 0 spiro atoms. The summed E-state index contributed by atoms with van der Waals surface area (Å²) in [5.41, 5.74) is 2.77. The van der Waals surface area contributed by atoms with E-state index in [0.29, 0.717) is 0 Å². The number of hydrogen-bond acceptors (Lipinski definition) is 1. The van der Waals surface area contributed by atoms with E-state index in [0.717, 1.165) is 39.0 Å². The topological polar surface area (TPSA) is 17.0 Å². The van der Waals surface area contributed by atoms with Crippen molar-refractivity contribution in [2.24, 2.45) is 7.05 Å². The molecule has 0 saturated heterocycles. The number of ether oxygens (including phenoxy) is 1. The molecule has 0 amide bonds. The zero-order chi connectivity index (χ0) is 14.9. The summed E-state index contributed by atoms with van der Waals surface area (Å²) < 4.78 is 9.76. The fraction of sp³-hybridized carbons (Fsp3) is 0.444. The van der Waals surface area contributed by atoms with Gasteiger partial charge < -0.3 is 4.74 Å². The van der Waals surface area contributed by atoms with E-state index in [-0.39, 0.29) is 0 Å². The highest BCUT2D eigenvalue weighted by Gasteiger charge is 2.02. The van der Waals surface area contributed by atoms with E-state index in [1.54, 1.807) is 0 Å². The Labute approximate surface area is 127 Å². The van der Waals surface area contributed by atoms with Crippen LogP contribution in [0.1, 0.15) is 24.5 Å². The second-order valence-electron chi connectivity index (χ2n) is 5.43. The lowest BCUT2D eigenvalue weighted by Gasteiger charge is -2.02. The van der Waals surface area contributed by atoms with Crippen molar-refractivity contribution in [2.75, 3.05) is 13.2 Å². The van der Waals surface area contributed by atoms with E-state index in [2.05, 4.69) is 65.1 Å². The maximum Gasteiger partial charge on any atom is 0.171 e. The minimum Gasteiger partial charge on any atom is -0.375 e. The number of pyridine rings is 2. The van der Waals surface area contributed by atoms with Gasteiger partial charge in [0.25, 0.3) is 0 Å². The summed E-state index contributed by atoms with van der Waals surface area (Å²) in [5.74, 6) is 0. The Hall–Kier alpha value is -1.74. The van der Waals surface area contributed by atoms with Crippen LogP contribution in [0.3, 0.4) is 0 Å². The highest BCUT2D eigenvalue weighted by molar-refractivity contribution is 5.13. The molecule has 0 aliphatic heterocycles. The van der Waals surface area contributed by atoms with Gasteiger partial charge in [0, 0.05) is 30.9 Å². The van der Waals surface area contributed by atoms with Crippen LogP contribution in [0.25, 0.3) is 0 Å². The normalized spacial score (nSPS) is 10.8. The fourth-order valence-electron chi connectivity index (χ4n) is 2.21. The molecule has 2 heterocycles. The monoisotopic (exact) mass is 286 g/mol. The van der Waals surface area contributed by atoms with Crippen molar-refractivity contribution in [1.29, 1.82) is 0 Å². The van der Waals surface area contributed by atoms with Crippen LogP contribution in [0.15, 0.2) is 49.1 Å². The third-order valence-corrected chi connectivity index (χ3v) is 3.55. The number of nitrogens with zero attached hydrogens (tertiary/aromatic N) is 2. The molecular formula is C18H26N2O+2. The molecular weight excluding hydrogens is 260 g/mol. The number of rotatable bonds is 8. The Balaban J connectivity index is 1.78. The number of hydrogen-bond donors (Lipinski definition) is 0. The molecule has 2 aromatic heterocycles. The zero-order valence-corrected chi connectivity index (χ0v) is 13.2. The van der Waals surface area contributed by atoms with Crippen molar-refractivity contribution in [2.45, 2.75) is 32.7 Å². The standard InChI is InChI=1S/C18H26N2O/c1-3-15-21-16-14-20-12-8-18(9-13-20)5-4-17-6-10-19(2)11-7-17/h6-13H,3-5,14-16H2,1-2H3/q+2. The van der Waals surface area contributed by atoms with Crippen LogP contribution in [0, 0.1) is 0 Å². The van der Waals surface area contributed by atoms with Crippen molar-refractivity contribution >= 4 is 0 Å². The molecule has 0 bridgehead atoms. The second-order valence-corrected chi connectivity index (χ2v) is 5.43. The molecule has 3 nitrogen and oxygen atoms in total. The van der Waals surface area contributed by atoms with Crippen molar-refractivity contribution in [3.05, 3.63) is 60.2 Å². The van der Waals surface area contributed by atoms with E-state index in [4.69, 9.17) is 4.74 Å². The Bertz CT molecular complexity index is 520. The zero-order valence-electron chi connectivity index (χ0n) is 13.2. The number of aryl methyl sites for hydroxylation is 3. The quantitative estimate of drug-likeness (QED) is 0.536. The van der Waals surface area contributed by atoms with Crippen LogP contribution in [-0.4, -0.2) is 13.2 Å². The van der Waals surface area contributed by atoms with Gasteiger partial charge in [0.15, 0.2) is 31.3 Å². The minimum atomic E-state index is 0.791. The molecule has 2 aromatic rings. The summed E-state index contributed by atoms with van der Waals surface area (Å²) in [4.78, 5) is 0. The summed E-state index contributed by atoms with van der Waals surface area (Å²) >= 11 is 0. The van der Waals surface area contributed by atoms with Crippen molar-refractivity contribution in [1.82, 2.24) is 0 Å². The molecule has 3 heteroatoms. The van der Waals surface area contributed by atoms with E-state index < -0.39 is 0 Å². The van der Waals surface area contributed by atoms with Gasteiger partial charge in [-0.1, -0.05) is 6.92 Å². The van der Waals surface area contributed by atoms with Crippen LogP contribution in [-0.2, 0) is 31.2 Å². The molecule has 112 valence electrons. The SMILES string of the molecule is CCCOCC[n+]1ccc(CCc2cc[n+](C)cc2)cc1. The molecule has 0 atom stereocenters. The Morgan fingerprint density at radius 2 is 1.43 bits per heavy atom. The summed E-state index contributed by atoms with van der Waals surface area (Å²) in [5, 5.41) is 0. The molecule has 0 aromatic carbocycles. The first-order valence-corrected chi connectivity index (χ1v) is 7.78. The molecule has 0 saturated carbocycles. The van der Waals surface area contributed by atoms with Gasteiger partial charge in [-0.15, -0.1) is 0 Å². The van der Waals surface area contributed by atoms with E-state index >= 15 is 0 Å². The first-order chi connectivity index (χ1) is 10.3. The smallest absolute Gasteiger partial charge is 0.171 e. The summed E-state index contributed by atoms with van der Waals surface area (Å²) in [7, 11) is 2.05. The predicted molar refractivity (Wildman–Crippen MR) is 82.8 cm³/mol. The van der Waals surface area contributed by atoms with Gasteiger partial charge in [0.2, 0.25) is 0 Å². The van der Waals surface area contributed by atoms with Gasteiger partial charge in [0.05, 0.1) is 0 Å². The molecule has 2 rings (SSSR count). The highest BCUT2D eigenvalue weighted by Crippen LogP contribution is 2.04. The van der Waals surface area contributed by atoms with Gasteiger partial charge in [-0.2, -0.15) is 0 Å². The lowest BCUT2D eigenvalue weighted by atomic mass is 10.1. The van der Waals surface area contributed by atoms with Crippen LogP contribution in [0.2, 0.25) is 0 Å². The predicted octanol–water partition coefficient (Wildman–Crippen LogP) is 2.01. The van der Waals surface area contributed by atoms with Gasteiger partial charge in [0.1, 0.15) is 13.7 Å². The van der Waals surface area contributed by atoms with Gasteiger partial charge in [-0.25, -0.2) is 9.13 Å².